The maximum Gasteiger partial charge on any atom is 0.0671 e. The quantitative estimate of drug-likeness (QED) is 0.664. The second kappa shape index (κ2) is 3.74. The standard InChI is InChI=1S/C13H18O/c1-2-9-13-10-4-3-6-11(13)7-5-8-12(13)14/h2,4,6,10,12,14H,1,3,5,7-9H2/t12-,13-/m0/s1. The SMILES string of the molecule is C=CC[C@]12C=CCC=C1CCC[C@@H]2O. The maximum absolute atomic E-state index is 10.1. The predicted octanol–water partition coefficient (Wildman–Crippen LogP) is 2.98. The topological polar surface area (TPSA) is 20.2 Å². The largest absolute Gasteiger partial charge is 0.392 e. The molecule has 1 N–H and O–H groups in total. The van der Waals surface area contributed by atoms with Crippen LogP contribution >= 0.6 is 0 Å². The Morgan fingerprint density at radius 3 is 3.29 bits per heavy atom. The summed E-state index contributed by atoms with van der Waals surface area (Å²) < 4.78 is 0. The summed E-state index contributed by atoms with van der Waals surface area (Å²) in [6.45, 7) is 3.80. The molecule has 0 aliphatic heterocycles. The summed E-state index contributed by atoms with van der Waals surface area (Å²) in [5.41, 5.74) is 1.33. The molecule has 2 rings (SSSR count). The molecule has 1 saturated carbocycles. The predicted molar refractivity (Wildman–Crippen MR) is 58.9 cm³/mol. The molecule has 2 aliphatic rings. The summed E-state index contributed by atoms with van der Waals surface area (Å²) >= 11 is 0. The van der Waals surface area contributed by atoms with E-state index < -0.39 is 0 Å². The van der Waals surface area contributed by atoms with Gasteiger partial charge in [0.05, 0.1) is 6.10 Å². The van der Waals surface area contributed by atoms with Gasteiger partial charge in [-0.05, 0) is 32.1 Å². The van der Waals surface area contributed by atoms with Gasteiger partial charge >= 0.3 is 0 Å². The van der Waals surface area contributed by atoms with Crippen LogP contribution in [0.1, 0.15) is 32.1 Å². The van der Waals surface area contributed by atoms with Gasteiger partial charge in [0.25, 0.3) is 0 Å². The summed E-state index contributed by atoms with van der Waals surface area (Å²) in [6.07, 6.45) is 13.5. The molecular formula is C13H18O. The van der Waals surface area contributed by atoms with Crippen molar-refractivity contribution < 1.29 is 5.11 Å². The zero-order chi connectivity index (χ0) is 10.0. The Morgan fingerprint density at radius 2 is 2.50 bits per heavy atom. The fourth-order valence-electron chi connectivity index (χ4n) is 2.76. The third kappa shape index (κ3) is 1.36. The van der Waals surface area contributed by atoms with E-state index in [-0.39, 0.29) is 11.5 Å². The van der Waals surface area contributed by atoms with E-state index in [9.17, 15) is 5.11 Å². The van der Waals surface area contributed by atoms with Gasteiger partial charge < -0.3 is 5.11 Å². The van der Waals surface area contributed by atoms with E-state index in [0.29, 0.717) is 0 Å². The van der Waals surface area contributed by atoms with Gasteiger partial charge in [0.2, 0.25) is 0 Å². The average molecular weight is 190 g/mol. The lowest BCUT2D eigenvalue weighted by Crippen LogP contribution is -2.39. The molecule has 1 fully saturated rings. The van der Waals surface area contributed by atoms with Crippen LogP contribution in [0.5, 0.6) is 0 Å². The van der Waals surface area contributed by atoms with Crippen molar-refractivity contribution >= 4 is 0 Å². The van der Waals surface area contributed by atoms with Crippen molar-refractivity contribution in [1.29, 1.82) is 0 Å². The molecule has 14 heavy (non-hydrogen) atoms. The van der Waals surface area contributed by atoms with E-state index >= 15 is 0 Å². The monoisotopic (exact) mass is 190 g/mol. The number of fused-ring (bicyclic) bond motifs is 1. The number of rotatable bonds is 2. The lowest BCUT2D eigenvalue weighted by atomic mass is 9.64. The lowest BCUT2D eigenvalue weighted by Gasteiger charge is -2.42. The Hall–Kier alpha value is -0.820. The Bertz CT molecular complexity index is 288. The Labute approximate surface area is 85.8 Å². The fourth-order valence-corrected chi connectivity index (χ4v) is 2.76. The van der Waals surface area contributed by atoms with Crippen LogP contribution in [0.25, 0.3) is 0 Å². The van der Waals surface area contributed by atoms with Gasteiger partial charge in [-0.1, -0.05) is 29.9 Å². The molecule has 0 unspecified atom stereocenters. The van der Waals surface area contributed by atoms with E-state index in [2.05, 4.69) is 24.8 Å². The van der Waals surface area contributed by atoms with Gasteiger partial charge in [0, 0.05) is 5.41 Å². The Morgan fingerprint density at radius 1 is 1.64 bits per heavy atom. The second-order valence-corrected chi connectivity index (χ2v) is 4.31. The summed E-state index contributed by atoms with van der Waals surface area (Å²) in [6, 6.07) is 0. The van der Waals surface area contributed by atoms with E-state index in [1.807, 2.05) is 6.08 Å². The summed E-state index contributed by atoms with van der Waals surface area (Å²) in [5.74, 6) is 0. The minimum Gasteiger partial charge on any atom is -0.392 e. The highest BCUT2D eigenvalue weighted by Gasteiger charge is 2.40. The Balaban J connectivity index is 2.35. The van der Waals surface area contributed by atoms with Crippen LogP contribution in [0.15, 0.2) is 36.5 Å². The van der Waals surface area contributed by atoms with E-state index in [1.54, 1.807) is 0 Å². The normalized spacial score (nSPS) is 36.1. The van der Waals surface area contributed by atoms with Crippen LogP contribution in [-0.2, 0) is 0 Å². The minimum absolute atomic E-state index is 0.0990. The van der Waals surface area contributed by atoms with E-state index in [0.717, 1.165) is 32.1 Å². The van der Waals surface area contributed by atoms with E-state index in [4.69, 9.17) is 0 Å². The van der Waals surface area contributed by atoms with Gasteiger partial charge in [0.1, 0.15) is 0 Å². The van der Waals surface area contributed by atoms with Crippen molar-refractivity contribution in [3.05, 3.63) is 36.5 Å². The molecule has 0 aromatic heterocycles. The van der Waals surface area contributed by atoms with Crippen molar-refractivity contribution in [2.24, 2.45) is 5.41 Å². The molecule has 1 nitrogen and oxygen atoms in total. The molecule has 0 spiro atoms. The number of aliphatic hydroxyl groups is 1. The smallest absolute Gasteiger partial charge is 0.0671 e. The van der Waals surface area contributed by atoms with Crippen LogP contribution in [0, 0.1) is 5.41 Å². The van der Waals surface area contributed by atoms with Crippen molar-refractivity contribution in [3.63, 3.8) is 0 Å². The number of allylic oxidation sites excluding steroid dienone is 3. The highest BCUT2D eigenvalue weighted by atomic mass is 16.3. The molecule has 0 bridgehead atoms. The molecule has 0 saturated heterocycles. The van der Waals surface area contributed by atoms with Crippen molar-refractivity contribution in [1.82, 2.24) is 0 Å². The first-order valence-corrected chi connectivity index (χ1v) is 5.46. The summed E-state index contributed by atoms with van der Waals surface area (Å²) in [7, 11) is 0. The zero-order valence-electron chi connectivity index (χ0n) is 8.58. The molecule has 0 amide bonds. The van der Waals surface area contributed by atoms with Crippen molar-refractivity contribution in [2.45, 2.75) is 38.2 Å². The maximum atomic E-state index is 10.1. The van der Waals surface area contributed by atoms with Crippen molar-refractivity contribution in [3.8, 4) is 0 Å². The third-order valence-electron chi connectivity index (χ3n) is 3.51. The first kappa shape index (κ1) is 9.72. The molecule has 0 aromatic rings. The molecular weight excluding hydrogens is 172 g/mol. The van der Waals surface area contributed by atoms with Gasteiger partial charge in [-0.2, -0.15) is 0 Å². The van der Waals surface area contributed by atoms with Crippen LogP contribution in [0.2, 0.25) is 0 Å². The molecule has 76 valence electrons. The number of hydrogen-bond donors (Lipinski definition) is 1. The Kier molecular flexibility index (Phi) is 2.60. The fraction of sp³-hybridized carbons (Fsp3) is 0.538. The van der Waals surface area contributed by atoms with Crippen LogP contribution in [0.3, 0.4) is 0 Å². The van der Waals surface area contributed by atoms with Crippen molar-refractivity contribution in [2.75, 3.05) is 0 Å². The van der Waals surface area contributed by atoms with Crippen LogP contribution in [-0.4, -0.2) is 11.2 Å². The van der Waals surface area contributed by atoms with Crippen LogP contribution < -0.4 is 0 Å². The highest BCUT2D eigenvalue weighted by molar-refractivity contribution is 5.32. The number of aliphatic hydroxyl groups excluding tert-OH is 1. The van der Waals surface area contributed by atoms with E-state index in [1.165, 1.54) is 5.57 Å². The summed E-state index contributed by atoms with van der Waals surface area (Å²) in [4.78, 5) is 0. The van der Waals surface area contributed by atoms with Gasteiger partial charge in [-0.15, -0.1) is 6.58 Å². The summed E-state index contributed by atoms with van der Waals surface area (Å²) in [5, 5.41) is 10.1. The number of hydrogen-bond acceptors (Lipinski definition) is 1. The van der Waals surface area contributed by atoms with Crippen LogP contribution in [0.4, 0.5) is 0 Å². The first-order chi connectivity index (χ1) is 6.79. The first-order valence-electron chi connectivity index (χ1n) is 5.46. The van der Waals surface area contributed by atoms with Gasteiger partial charge in [0.15, 0.2) is 0 Å². The zero-order valence-corrected chi connectivity index (χ0v) is 8.58. The second-order valence-electron chi connectivity index (χ2n) is 4.31. The lowest BCUT2D eigenvalue weighted by molar-refractivity contribution is 0.0551. The van der Waals surface area contributed by atoms with Gasteiger partial charge in [-0.25, -0.2) is 0 Å². The highest BCUT2D eigenvalue weighted by Crippen LogP contribution is 2.47. The third-order valence-corrected chi connectivity index (χ3v) is 3.51. The molecule has 1 heteroatoms. The van der Waals surface area contributed by atoms with Gasteiger partial charge in [-0.3, -0.25) is 0 Å². The molecule has 0 heterocycles. The average Bonchev–Trinajstić information content (AvgIpc) is 2.20. The molecule has 0 radical (unpaired) electrons. The molecule has 2 aliphatic carbocycles. The minimum atomic E-state index is -0.211. The molecule has 0 aromatic carbocycles. The molecule has 2 atom stereocenters.